The molecule has 0 heterocycles. The van der Waals surface area contributed by atoms with Gasteiger partial charge in [0.25, 0.3) is 0 Å². The first kappa shape index (κ1) is 19.9. The van der Waals surface area contributed by atoms with Crippen molar-refractivity contribution in [2.24, 2.45) is 0 Å². The lowest BCUT2D eigenvalue weighted by Crippen LogP contribution is -2.04. The Morgan fingerprint density at radius 2 is 0.903 bits per heavy atom. The van der Waals surface area contributed by atoms with Crippen molar-refractivity contribution in [3.05, 3.63) is 108 Å². The van der Waals surface area contributed by atoms with Gasteiger partial charge >= 0.3 is 11.9 Å². The summed E-state index contributed by atoms with van der Waals surface area (Å²) < 4.78 is 6.20. The number of rotatable bonds is 6. The first-order chi connectivity index (χ1) is 15.1. The van der Waals surface area contributed by atoms with Gasteiger partial charge in [-0.1, -0.05) is 72.8 Å². The summed E-state index contributed by atoms with van der Waals surface area (Å²) in [4.78, 5) is 23.8. The van der Waals surface area contributed by atoms with Crippen LogP contribution in [0.2, 0.25) is 0 Å². The van der Waals surface area contributed by atoms with E-state index in [4.69, 9.17) is 4.74 Å². The third-order valence-corrected chi connectivity index (χ3v) is 4.86. The van der Waals surface area contributed by atoms with E-state index in [-0.39, 0.29) is 11.1 Å². The first-order valence-corrected chi connectivity index (χ1v) is 9.57. The van der Waals surface area contributed by atoms with Crippen LogP contribution in [0.5, 0.6) is 11.5 Å². The third-order valence-electron chi connectivity index (χ3n) is 4.86. The highest BCUT2D eigenvalue weighted by molar-refractivity contribution is 5.99. The van der Waals surface area contributed by atoms with Gasteiger partial charge in [-0.25, -0.2) is 9.59 Å². The van der Waals surface area contributed by atoms with Crippen molar-refractivity contribution < 1.29 is 24.5 Å². The van der Waals surface area contributed by atoms with Gasteiger partial charge in [-0.3, -0.25) is 0 Å². The van der Waals surface area contributed by atoms with Gasteiger partial charge in [-0.15, -0.1) is 0 Å². The zero-order valence-electron chi connectivity index (χ0n) is 16.4. The first-order valence-electron chi connectivity index (χ1n) is 9.57. The quantitative estimate of drug-likeness (QED) is 0.395. The largest absolute Gasteiger partial charge is 0.478 e. The molecule has 0 fully saturated rings. The predicted octanol–water partition coefficient (Wildman–Crippen LogP) is 6.21. The zero-order valence-corrected chi connectivity index (χ0v) is 16.4. The molecule has 4 aromatic rings. The lowest BCUT2D eigenvalue weighted by atomic mass is 9.97. The minimum absolute atomic E-state index is 0.0966. The Morgan fingerprint density at radius 3 is 1.26 bits per heavy atom. The number of carbonyl (C=O) groups is 2. The molecule has 31 heavy (non-hydrogen) atoms. The molecule has 0 aliphatic rings. The van der Waals surface area contributed by atoms with Gasteiger partial charge in [-0.05, 0) is 35.4 Å². The average Bonchev–Trinajstić information content (AvgIpc) is 2.80. The topological polar surface area (TPSA) is 83.8 Å². The van der Waals surface area contributed by atoms with Crippen LogP contribution in [0.4, 0.5) is 0 Å². The fraction of sp³-hybridized carbons (Fsp3) is 0. The molecular formula is C26H18O5. The molecule has 0 aliphatic heterocycles. The average molecular weight is 410 g/mol. The highest BCUT2D eigenvalue weighted by Crippen LogP contribution is 2.41. The van der Waals surface area contributed by atoms with E-state index < -0.39 is 11.9 Å². The molecule has 152 valence electrons. The van der Waals surface area contributed by atoms with Gasteiger partial charge in [0.15, 0.2) is 0 Å². The standard InChI is InChI=1S/C26H18O5/c27-25(28)19-13-7-15-21(23(19)17-9-3-1-4-10-17)31-22-16-8-14-20(26(29)30)24(22)18-11-5-2-6-12-18/h1-16H,(H,27,28)(H,29,30). The second kappa shape index (κ2) is 8.55. The summed E-state index contributed by atoms with van der Waals surface area (Å²) in [6, 6.07) is 27.8. The lowest BCUT2D eigenvalue weighted by molar-refractivity contribution is 0.0687. The van der Waals surface area contributed by atoms with Crippen LogP contribution >= 0.6 is 0 Å². The molecule has 4 rings (SSSR count). The Hall–Kier alpha value is -4.38. The number of hydrogen-bond acceptors (Lipinski definition) is 3. The van der Waals surface area contributed by atoms with E-state index in [0.717, 1.165) is 0 Å². The second-order valence-corrected chi connectivity index (χ2v) is 6.80. The van der Waals surface area contributed by atoms with Crippen molar-refractivity contribution in [3.8, 4) is 33.8 Å². The summed E-state index contributed by atoms with van der Waals surface area (Å²) in [5.74, 6) is -1.50. The Kier molecular flexibility index (Phi) is 5.49. The minimum Gasteiger partial charge on any atom is -0.478 e. The van der Waals surface area contributed by atoms with E-state index in [0.29, 0.717) is 33.8 Å². The molecule has 4 aromatic carbocycles. The van der Waals surface area contributed by atoms with Crippen molar-refractivity contribution >= 4 is 11.9 Å². The molecule has 0 bridgehead atoms. The fourth-order valence-electron chi connectivity index (χ4n) is 3.51. The maximum Gasteiger partial charge on any atom is 0.336 e. The number of aromatic carboxylic acids is 2. The SMILES string of the molecule is O=C(O)c1cccc(Oc2cccc(C(=O)O)c2-c2ccccc2)c1-c1ccccc1. The Morgan fingerprint density at radius 1 is 0.516 bits per heavy atom. The number of carboxylic acids is 2. The van der Waals surface area contributed by atoms with Crippen LogP contribution in [0.25, 0.3) is 22.3 Å². The Labute approximate surface area is 178 Å². The fourth-order valence-corrected chi connectivity index (χ4v) is 3.51. The van der Waals surface area contributed by atoms with Gasteiger partial charge in [-0.2, -0.15) is 0 Å². The van der Waals surface area contributed by atoms with Crippen LogP contribution in [0, 0.1) is 0 Å². The lowest BCUT2D eigenvalue weighted by Gasteiger charge is -2.17. The third kappa shape index (κ3) is 4.02. The molecule has 2 N–H and O–H groups in total. The van der Waals surface area contributed by atoms with Gasteiger partial charge < -0.3 is 14.9 Å². The number of benzene rings is 4. The van der Waals surface area contributed by atoms with Crippen LogP contribution in [0.1, 0.15) is 20.7 Å². The van der Waals surface area contributed by atoms with Crippen molar-refractivity contribution in [2.45, 2.75) is 0 Å². The summed E-state index contributed by atoms with van der Waals surface area (Å²) in [5.41, 5.74) is 2.42. The summed E-state index contributed by atoms with van der Waals surface area (Å²) in [6.45, 7) is 0. The van der Waals surface area contributed by atoms with E-state index >= 15 is 0 Å². The van der Waals surface area contributed by atoms with E-state index in [1.165, 1.54) is 12.1 Å². The Balaban J connectivity index is 1.92. The zero-order chi connectivity index (χ0) is 21.8. The molecule has 0 saturated heterocycles. The minimum atomic E-state index is -1.08. The van der Waals surface area contributed by atoms with E-state index in [1.807, 2.05) is 36.4 Å². The van der Waals surface area contributed by atoms with Crippen molar-refractivity contribution in [3.63, 3.8) is 0 Å². The molecule has 0 unspecified atom stereocenters. The summed E-state index contributed by atoms with van der Waals surface area (Å²) in [5, 5.41) is 19.5. The maximum atomic E-state index is 11.9. The number of carboxylic acid groups (broad SMARTS) is 2. The predicted molar refractivity (Wildman–Crippen MR) is 118 cm³/mol. The highest BCUT2D eigenvalue weighted by Gasteiger charge is 2.21. The molecule has 5 heteroatoms. The van der Waals surface area contributed by atoms with Gasteiger partial charge in [0.1, 0.15) is 11.5 Å². The summed E-state index contributed by atoms with van der Waals surface area (Å²) in [6.07, 6.45) is 0. The molecular weight excluding hydrogens is 392 g/mol. The molecule has 0 spiro atoms. The molecule has 0 atom stereocenters. The van der Waals surface area contributed by atoms with Gasteiger partial charge in [0.2, 0.25) is 0 Å². The van der Waals surface area contributed by atoms with Gasteiger partial charge in [0.05, 0.1) is 11.1 Å². The summed E-state index contributed by atoms with van der Waals surface area (Å²) in [7, 11) is 0. The maximum absolute atomic E-state index is 11.9. The monoisotopic (exact) mass is 410 g/mol. The Bertz CT molecular complexity index is 1150. The van der Waals surface area contributed by atoms with Crippen molar-refractivity contribution in [1.29, 1.82) is 0 Å². The molecule has 0 aromatic heterocycles. The smallest absolute Gasteiger partial charge is 0.336 e. The van der Waals surface area contributed by atoms with Crippen LogP contribution in [-0.2, 0) is 0 Å². The molecule has 0 amide bonds. The van der Waals surface area contributed by atoms with Gasteiger partial charge in [0, 0.05) is 11.1 Å². The van der Waals surface area contributed by atoms with Crippen LogP contribution < -0.4 is 4.74 Å². The summed E-state index contributed by atoms with van der Waals surface area (Å²) >= 11 is 0. The number of ether oxygens (including phenoxy) is 1. The number of hydrogen-bond donors (Lipinski definition) is 2. The molecule has 5 nitrogen and oxygen atoms in total. The van der Waals surface area contributed by atoms with Crippen LogP contribution in [0.15, 0.2) is 97.1 Å². The second-order valence-electron chi connectivity index (χ2n) is 6.80. The van der Waals surface area contributed by atoms with Crippen LogP contribution in [0.3, 0.4) is 0 Å². The molecule has 0 radical (unpaired) electrons. The van der Waals surface area contributed by atoms with Crippen molar-refractivity contribution in [1.82, 2.24) is 0 Å². The van der Waals surface area contributed by atoms with E-state index in [9.17, 15) is 19.8 Å². The highest BCUT2D eigenvalue weighted by atomic mass is 16.5. The van der Waals surface area contributed by atoms with Crippen molar-refractivity contribution in [2.75, 3.05) is 0 Å². The molecule has 0 saturated carbocycles. The molecule has 0 aliphatic carbocycles. The van der Waals surface area contributed by atoms with E-state index in [2.05, 4.69) is 0 Å². The van der Waals surface area contributed by atoms with Crippen LogP contribution in [-0.4, -0.2) is 22.2 Å². The van der Waals surface area contributed by atoms with E-state index in [1.54, 1.807) is 48.5 Å². The normalized spacial score (nSPS) is 10.5.